The van der Waals surface area contributed by atoms with Crippen LogP contribution >= 0.6 is 0 Å². The van der Waals surface area contributed by atoms with Crippen LogP contribution in [0, 0.1) is 17.7 Å². The minimum atomic E-state index is -0.376. The molecule has 2 atom stereocenters. The second kappa shape index (κ2) is 7.55. The fourth-order valence-corrected chi connectivity index (χ4v) is 3.21. The zero-order chi connectivity index (χ0) is 15.2. The molecule has 2 rings (SSSR count). The molecule has 21 heavy (non-hydrogen) atoms. The van der Waals surface area contributed by atoms with Crippen molar-refractivity contribution < 1.29 is 9.18 Å². The SMILES string of the molecule is CC1CC(C)CN(CCCNC(=O)c2cccc(F)c2)C1. The average Bonchev–Trinajstić information content (AvgIpc) is 2.42. The molecule has 116 valence electrons. The van der Waals surface area contributed by atoms with Crippen molar-refractivity contribution in [2.45, 2.75) is 26.7 Å². The van der Waals surface area contributed by atoms with Gasteiger partial charge in [0.15, 0.2) is 0 Å². The molecule has 0 bridgehead atoms. The van der Waals surface area contributed by atoms with Crippen molar-refractivity contribution in [1.29, 1.82) is 0 Å². The van der Waals surface area contributed by atoms with Gasteiger partial charge in [-0.3, -0.25) is 4.79 Å². The van der Waals surface area contributed by atoms with Crippen LogP contribution in [0.1, 0.15) is 37.0 Å². The van der Waals surface area contributed by atoms with Crippen LogP contribution in [0.25, 0.3) is 0 Å². The summed E-state index contributed by atoms with van der Waals surface area (Å²) in [7, 11) is 0. The number of nitrogens with one attached hydrogen (secondary N) is 1. The van der Waals surface area contributed by atoms with Gasteiger partial charge < -0.3 is 10.2 Å². The number of rotatable bonds is 5. The molecule has 1 aromatic rings. The van der Waals surface area contributed by atoms with Gasteiger partial charge >= 0.3 is 0 Å². The highest BCUT2D eigenvalue weighted by Crippen LogP contribution is 2.20. The quantitative estimate of drug-likeness (QED) is 0.846. The first-order valence-corrected chi connectivity index (χ1v) is 7.80. The lowest BCUT2D eigenvalue weighted by Gasteiger charge is -2.34. The van der Waals surface area contributed by atoms with Crippen molar-refractivity contribution in [2.75, 3.05) is 26.2 Å². The molecular weight excluding hydrogens is 267 g/mol. The molecule has 0 aromatic heterocycles. The van der Waals surface area contributed by atoms with E-state index >= 15 is 0 Å². The Bertz CT molecular complexity index is 468. The molecule has 0 radical (unpaired) electrons. The lowest BCUT2D eigenvalue weighted by Crippen LogP contribution is -2.40. The standard InChI is InChI=1S/C17H25FN2O/c1-13-9-14(2)12-20(11-13)8-4-7-19-17(21)15-5-3-6-16(18)10-15/h3,5-6,10,13-14H,4,7-9,11-12H2,1-2H3,(H,19,21). The summed E-state index contributed by atoms with van der Waals surface area (Å²) in [6, 6.07) is 5.80. The summed E-state index contributed by atoms with van der Waals surface area (Å²) in [6.45, 7) is 8.56. The number of hydrogen-bond donors (Lipinski definition) is 1. The summed E-state index contributed by atoms with van der Waals surface area (Å²) in [4.78, 5) is 14.3. The maximum absolute atomic E-state index is 13.0. The number of carbonyl (C=O) groups is 1. The fraction of sp³-hybridized carbons (Fsp3) is 0.588. The van der Waals surface area contributed by atoms with E-state index in [1.807, 2.05) is 0 Å². The Morgan fingerprint density at radius 2 is 2.05 bits per heavy atom. The Balaban J connectivity index is 1.69. The highest BCUT2D eigenvalue weighted by molar-refractivity contribution is 5.94. The summed E-state index contributed by atoms with van der Waals surface area (Å²) in [6.07, 6.45) is 2.24. The van der Waals surface area contributed by atoms with Gasteiger partial charge in [0, 0.05) is 25.2 Å². The number of nitrogens with zero attached hydrogens (tertiary/aromatic N) is 1. The number of amides is 1. The smallest absolute Gasteiger partial charge is 0.251 e. The van der Waals surface area contributed by atoms with E-state index in [0.29, 0.717) is 12.1 Å². The molecule has 1 aromatic carbocycles. The second-order valence-corrected chi connectivity index (χ2v) is 6.33. The van der Waals surface area contributed by atoms with E-state index in [9.17, 15) is 9.18 Å². The largest absolute Gasteiger partial charge is 0.352 e. The van der Waals surface area contributed by atoms with Crippen LogP contribution in [0.3, 0.4) is 0 Å². The van der Waals surface area contributed by atoms with Gasteiger partial charge in [-0.25, -0.2) is 4.39 Å². The molecule has 1 aliphatic heterocycles. The number of hydrogen-bond acceptors (Lipinski definition) is 2. The van der Waals surface area contributed by atoms with E-state index in [2.05, 4.69) is 24.1 Å². The Morgan fingerprint density at radius 1 is 1.33 bits per heavy atom. The zero-order valence-corrected chi connectivity index (χ0v) is 12.9. The van der Waals surface area contributed by atoms with Crippen molar-refractivity contribution in [1.82, 2.24) is 10.2 Å². The number of carbonyl (C=O) groups excluding carboxylic acids is 1. The molecule has 1 fully saturated rings. The maximum Gasteiger partial charge on any atom is 0.251 e. The topological polar surface area (TPSA) is 32.3 Å². The molecule has 1 saturated heterocycles. The van der Waals surface area contributed by atoms with E-state index in [1.54, 1.807) is 12.1 Å². The Morgan fingerprint density at radius 3 is 2.71 bits per heavy atom. The van der Waals surface area contributed by atoms with Crippen molar-refractivity contribution >= 4 is 5.91 Å². The van der Waals surface area contributed by atoms with E-state index in [1.165, 1.54) is 18.6 Å². The first kappa shape index (κ1) is 16.0. The highest BCUT2D eigenvalue weighted by Gasteiger charge is 2.21. The third kappa shape index (κ3) is 5.12. The van der Waals surface area contributed by atoms with Crippen LogP contribution in [-0.2, 0) is 0 Å². The molecule has 1 heterocycles. The van der Waals surface area contributed by atoms with Gasteiger partial charge in [0.05, 0.1) is 0 Å². The molecule has 1 N–H and O–H groups in total. The van der Waals surface area contributed by atoms with Crippen LogP contribution in [0.2, 0.25) is 0 Å². The molecule has 4 heteroatoms. The van der Waals surface area contributed by atoms with Crippen molar-refractivity contribution in [3.8, 4) is 0 Å². The van der Waals surface area contributed by atoms with Crippen LogP contribution in [-0.4, -0.2) is 37.0 Å². The van der Waals surface area contributed by atoms with E-state index in [4.69, 9.17) is 0 Å². The first-order valence-electron chi connectivity index (χ1n) is 7.80. The second-order valence-electron chi connectivity index (χ2n) is 6.33. The van der Waals surface area contributed by atoms with Crippen LogP contribution in [0.4, 0.5) is 4.39 Å². The Hall–Kier alpha value is -1.42. The molecule has 0 spiro atoms. The van der Waals surface area contributed by atoms with E-state index < -0.39 is 0 Å². The lowest BCUT2D eigenvalue weighted by molar-refractivity contribution is 0.0947. The van der Waals surface area contributed by atoms with Crippen LogP contribution in [0.5, 0.6) is 0 Å². The Labute approximate surface area is 126 Å². The minimum absolute atomic E-state index is 0.199. The van der Waals surface area contributed by atoms with Gasteiger partial charge in [0.1, 0.15) is 5.82 Å². The molecular formula is C17H25FN2O. The minimum Gasteiger partial charge on any atom is -0.352 e. The van der Waals surface area contributed by atoms with Gasteiger partial charge in [-0.2, -0.15) is 0 Å². The van der Waals surface area contributed by atoms with E-state index in [0.717, 1.165) is 37.9 Å². The fourth-order valence-electron chi connectivity index (χ4n) is 3.21. The summed E-state index contributed by atoms with van der Waals surface area (Å²) in [5.74, 6) is 0.945. The Kier molecular flexibility index (Phi) is 5.74. The van der Waals surface area contributed by atoms with Crippen LogP contribution < -0.4 is 5.32 Å². The number of piperidine rings is 1. The molecule has 0 aliphatic carbocycles. The van der Waals surface area contributed by atoms with Crippen molar-refractivity contribution in [2.24, 2.45) is 11.8 Å². The third-order valence-electron chi connectivity index (χ3n) is 3.97. The van der Waals surface area contributed by atoms with Crippen LogP contribution in [0.15, 0.2) is 24.3 Å². The van der Waals surface area contributed by atoms with Gasteiger partial charge in [-0.1, -0.05) is 19.9 Å². The van der Waals surface area contributed by atoms with Gasteiger partial charge in [-0.05, 0) is 49.4 Å². The summed E-state index contributed by atoms with van der Waals surface area (Å²) < 4.78 is 13.0. The molecule has 1 aliphatic rings. The first-order chi connectivity index (χ1) is 10.0. The molecule has 0 saturated carbocycles. The van der Waals surface area contributed by atoms with Gasteiger partial charge in [0.25, 0.3) is 5.91 Å². The predicted octanol–water partition coefficient (Wildman–Crippen LogP) is 2.92. The predicted molar refractivity (Wildman–Crippen MR) is 82.7 cm³/mol. The lowest BCUT2D eigenvalue weighted by atomic mass is 9.92. The average molecular weight is 292 g/mol. The summed E-state index contributed by atoms with van der Waals surface area (Å²) in [5, 5.41) is 2.86. The molecule has 2 unspecified atom stereocenters. The number of likely N-dealkylation sites (tertiary alicyclic amines) is 1. The third-order valence-corrected chi connectivity index (χ3v) is 3.97. The van der Waals surface area contributed by atoms with E-state index in [-0.39, 0.29) is 11.7 Å². The number of benzene rings is 1. The maximum atomic E-state index is 13.0. The zero-order valence-electron chi connectivity index (χ0n) is 12.9. The number of halogens is 1. The van der Waals surface area contributed by atoms with Gasteiger partial charge in [0.2, 0.25) is 0 Å². The molecule has 3 nitrogen and oxygen atoms in total. The van der Waals surface area contributed by atoms with Crippen molar-refractivity contribution in [3.05, 3.63) is 35.6 Å². The highest BCUT2D eigenvalue weighted by atomic mass is 19.1. The summed E-state index contributed by atoms with van der Waals surface area (Å²) in [5.41, 5.74) is 0.384. The van der Waals surface area contributed by atoms with Crippen molar-refractivity contribution in [3.63, 3.8) is 0 Å². The summed E-state index contributed by atoms with van der Waals surface area (Å²) >= 11 is 0. The monoisotopic (exact) mass is 292 g/mol. The van der Waals surface area contributed by atoms with Gasteiger partial charge in [-0.15, -0.1) is 0 Å². The molecule has 1 amide bonds. The normalized spacial score (nSPS) is 23.0.